The van der Waals surface area contributed by atoms with Gasteiger partial charge in [-0.3, -0.25) is 10.1 Å². The van der Waals surface area contributed by atoms with E-state index >= 15 is 0 Å². The van der Waals surface area contributed by atoms with Gasteiger partial charge < -0.3 is 4.90 Å². The Kier molecular flexibility index (Phi) is 2.77. The molecule has 1 aliphatic carbocycles. The Labute approximate surface area is 98.6 Å². The maximum Gasteiger partial charge on any atom is 0.241 e. The number of carbonyl (C=O) groups is 1. The number of hydrogen-bond acceptors (Lipinski definition) is 2. The van der Waals surface area contributed by atoms with Gasteiger partial charge in [-0.25, -0.2) is 0 Å². The predicted molar refractivity (Wildman–Crippen MR) is 64.9 cm³/mol. The van der Waals surface area contributed by atoms with E-state index in [2.05, 4.69) is 44.8 Å². The number of carbonyl (C=O) groups excluding carboxylic acids is 1. The topological polar surface area (TPSA) is 32.3 Å². The van der Waals surface area contributed by atoms with Gasteiger partial charge >= 0.3 is 0 Å². The van der Waals surface area contributed by atoms with Crippen molar-refractivity contribution >= 4 is 5.91 Å². The highest BCUT2D eigenvalue weighted by Crippen LogP contribution is 2.50. The Morgan fingerprint density at radius 1 is 1.50 bits per heavy atom. The Bertz CT molecular complexity index is 298. The number of nitrogens with zero attached hydrogens (tertiary/aromatic N) is 1. The molecule has 1 saturated heterocycles. The zero-order valence-electron chi connectivity index (χ0n) is 11.1. The summed E-state index contributed by atoms with van der Waals surface area (Å²) in [5.41, 5.74) is 0.332. The third-order valence-corrected chi connectivity index (χ3v) is 3.92. The van der Waals surface area contributed by atoms with Gasteiger partial charge in [0.05, 0.1) is 12.2 Å². The van der Waals surface area contributed by atoms with Crippen LogP contribution in [-0.4, -0.2) is 29.1 Å². The van der Waals surface area contributed by atoms with Crippen molar-refractivity contribution in [3.63, 3.8) is 0 Å². The molecule has 2 fully saturated rings. The molecule has 0 bridgehead atoms. The van der Waals surface area contributed by atoms with E-state index in [-0.39, 0.29) is 12.2 Å². The third-order valence-electron chi connectivity index (χ3n) is 3.92. The Hall–Kier alpha value is -0.570. The first-order valence-corrected chi connectivity index (χ1v) is 6.41. The Balaban J connectivity index is 2.03. The van der Waals surface area contributed by atoms with Gasteiger partial charge in [0, 0.05) is 6.04 Å². The second kappa shape index (κ2) is 3.73. The molecule has 1 heterocycles. The molecule has 2 aliphatic rings. The predicted octanol–water partition coefficient (Wildman–Crippen LogP) is 1.98. The van der Waals surface area contributed by atoms with E-state index in [4.69, 9.17) is 0 Å². The van der Waals surface area contributed by atoms with E-state index < -0.39 is 0 Å². The van der Waals surface area contributed by atoms with Gasteiger partial charge in [0.2, 0.25) is 5.91 Å². The Morgan fingerprint density at radius 3 is 2.50 bits per heavy atom. The maximum absolute atomic E-state index is 12.3. The van der Waals surface area contributed by atoms with Crippen molar-refractivity contribution in [1.29, 1.82) is 0 Å². The lowest BCUT2D eigenvalue weighted by atomic mass is 10.0. The van der Waals surface area contributed by atoms with Crippen molar-refractivity contribution in [3.05, 3.63) is 0 Å². The number of amides is 1. The fraction of sp³-hybridized carbons (Fsp3) is 0.923. The fourth-order valence-electron chi connectivity index (χ4n) is 2.79. The lowest BCUT2D eigenvalue weighted by Gasteiger charge is -2.22. The van der Waals surface area contributed by atoms with Gasteiger partial charge in [0.1, 0.15) is 0 Å². The lowest BCUT2D eigenvalue weighted by molar-refractivity contribution is -0.131. The molecule has 92 valence electrons. The second-order valence-electron chi connectivity index (χ2n) is 6.48. The van der Waals surface area contributed by atoms with E-state index in [1.165, 1.54) is 0 Å². The van der Waals surface area contributed by atoms with Crippen LogP contribution in [0.5, 0.6) is 0 Å². The first-order valence-electron chi connectivity index (χ1n) is 6.41. The van der Waals surface area contributed by atoms with Crippen molar-refractivity contribution in [2.45, 2.75) is 65.7 Å². The van der Waals surface area contributed by atoms with Gasteiger partial charge in [-0.15, -0.1) is 0 Å². The average molecular weight is 224 g/mol. The maximum atomic E-state index is 12.3. The monoisotopic (exact) mass is 224 g/mol. The summed E-state index contributed by atoms with van der Waals surface area (Å²) in [6, 6.07) is 0.506. The minimum atomic E-state index is 0.0476. The molecular formula is C13H24N2O. The first-order chi connectivity index (χ1) is 7.33. The van der Waals surface area contributed by atoms with Crippen LogP contribution in [0.15, 0.2) is 0 Å². The molecule has 0 aromatic rings. The van der Waals surface area contributed by atoms with E-state index in [9.17, 15) is 4.79 Å². The zero-order chi connectivity index (χ0) is 12.1. The summed E-state index contributed by atoms with van der Waals surface area (Å²) in [7, 11) is 0. The normalized spacial score (nSPS) is 37.2. The number of rotatable bonds is 3. The van der Waals surface area contributed by atoms with Crippen LogP contribution in [-0.2, 0) is 4.79 Å². The van der Waals surface area contributed by atoms with Crippen LogP contribution in [0.25, 0.3) is 0 Å². The van der Waals surface area contributed by atoms with Crippen LogP contribution < -0.4 is 5.32 Å². The smallest absolute Gasteiger partial charge is 0.241 e. The minimum Gasteiger partial charge on any atom is -0.323 e. The van der Waals surface area contributed by atoms with Gasteiger partial charge in [-0.05, 0) is 31.1 Å². The summed E-state index contributed by atoms with van der Waals surface area (Å²) in [5, 5.41) is 3.42. The summed E-state index contributed by atoms with van der Waals surface area (Å²) in [6.45, 7) is 10.9. The van der Waals surface area contributed by atoms with Crippen molar-refractivity contribution in [2.75, 3.05) is 0 Å². The van der Waals surface area contributed by atoms with Crippen LogP contribution in [0, 0.1) is 11.3 Å². The molecule has 3 heteroatoms. The molecule has 1 saturated carbocycles. The highest BCUT2D eigenvalue weighted by Gasteiger charge is 2.55. The first kappa shape index (κ1) is 11.9. The molecule has 1 aliphatic heterocycles. The third kappa shape index (κ3) is 1.97. The molecule has 0 aromatic carbocycles. The van der Waals surface area contributed by atoms with Crippen LogP contribution in [0.1, 0.15) is 47.5 Å². The average Bonchev–Trinajstić information content (AvgIpc) is 2.63. The molecule has 3 unspecified atom stereocenters. The summed E-state index contributed by atoms with van der Waals surface area (Å²) in [5.74, 6) is 0.887. The summed E-state index contributed by atoms with van der Waals surface area (Å²) in [6.07, 6.45) is 2.31. The van der Waals surface area contributed by atoms with Crippen LogP contribution in [0.3, 0.4) is 0 Å². The largest absolute Gasteiger partial charge is 0.323 e. The molecular weight excluding hydrogens is 200 g/mol. The molecule has 0 spiro atoms. The van der Waals surface area contributed by atoms with Crippen molar-refractivity contribution < 1.29 is 4.79 Å². The zero-order valence-corrected chi connectivity index (χ0v) is 11.1. The molecule has 3 atom stereocenters. The molecule has 1 amide bonds. The SMILES string of the molecule is CC(C)CC1NC(C)N(C2CC2(C)C)C1=O. The molecule has 0 radical (unpaired) electrons. The fourth-order valence-corrected chi connectivity index (χ4v) is 2.79. The van der Waals surface area contributed by atoms with Crippen LogP contribution in [0.2, 0.25) is 0 Å². The molecule has 2 rings (SSSR count). The lowest BCUT2D eigenvalue weighted by Crippen LogP contribution is -2.38. The van der Waals surface area contributed by atoms with E-state index in [0.717, 1.165) is 12.8 Å². The van der Waals surface area contributed by atoms with Crippen molar-refractivity contribution in [1.82, 2.24) is 10.2 Å². The summed E-state index contributed by atoms with van der Waals surface area (Å²) >= 11 is 0. The van der Waals surface area contributed by atoms with Gasteiger partial charge in [-0.2, -0.15) is 0 Å². The van der Waals surface area contributed by atoms with Crippen LogP contribution in [0.4, 0.5) is 0 Å². The van der Waals surface area contributed by atoms with E-state index in [0.29, 0.717) is 23.3 Å². The highest BCUT2D eigenvalue weighted by atomic mass is 16.2. The van der Waals surface area contributed by atoms with Gasteiger partial charge in [0.25, 0.3) is 0 Å². The Morgan fingerprint density at radius 2 is 2.06 bits per heavy atom. The summed E-state index contributed by atoms with van der Waals surface area (Å²) in [4.78, 5) is 14.4. The quantitative estimate of drug-likeness (QED) is 0.795. The number of nitrogens with one attached hydrogen (secondary N) is 1. The van der Waals surface area contributed by atoms with Crippen molar-refractivity contribution in [2.24, 2.45) is 11.3 Å². The highest BCUT2D eigenvalue weighted by molar-refractivity contribution is 5.85. The van der Waals surface area contributed by atoms with Gasteiger partial charge in [-0.1, -0.05) is 27.7 Å². The minimum absolute atomic E-state index is 0.0476. The summed E-state index contributed by atoms with van der Waals surface area (Å²) < 4.78 is 0. The van der Waals surface area contributed by atoms with E-state index in [1.807, 2.05) is 0 Å². The van der Waals surface area contributed by atoms with Crippen LogP contribution >= 0.6 is 0 Å². The molecule has 16 heavy (non-hydrogen) atoms. The molecule has 1 N–H and O–H groups in total. The molecule has 0 aromatic heterocycles. The molecule has 3 nitrogen and oxygen atoms in total. The van der Waals surface area contributed by atoms with Gasteiger partial charge in [0.15, 0.2) is 0 Å². The van der Waals surface area contributed by atoms with Crippen molar-refractivity contribution in [3.8, 4) is 0 Å². The second-order valence-corrected chi connectivity index (χ2v) is 6.48. The number of hydrogen-bond donors (Lipinski definition) is 1. The standard InChI is InChI=1S/C13H24N2O/c1-8(2)6-10-12(16)15(9(3)14-10)11-7-13(11,4)5/h8-11,14H,6-7H2,1-5H3. The van der Waals surface area contributed by atoms with E-state index in [1.54, 1.807) is 0 Å².